The number of piperidine rings is 1. The van der Waals surface area contributed by atoms with Crippen LogP contribution in [-0.4, -0.2) is 60.6 Å². The zero-order valence-electron chi connectivity index (χ0n) is 21.5. The van der Waals surface area contributed by atoms with Crippen LogP contribution in [-0.2, 0) is 9.63 Å². The standard InChI is InChI=1S/C28H33F2N3O4S/c1-36-20-5-8-25-22(16-20)21(9-11-31-25)26(32-37-2)7-3-18-10-12-33(17-23(18)28(34)35)13-14-38-27-15-19(29)4-6-24(27)30/h4-6,8-9,11,15-16,18,23,26,32H,3,7,10,12-14,17H2,1-2H3,(H,34,35)/t18-,23+,26+/m1/s1. The van der Waals surface area contributed by atoms with Gasteiger partial charge in [0, 0.05) is 35.3 Å². The van der Waals surface area contributed by atoms with Crippen molar-refractivity contribution < 1.29 is 28.3 Å². The number of aliphatic carboxylic acids is 1. The van der Waals surface area contributed by atoms with Gasteiger partial charge in [0.15, 0.2) is 0 Å². The van der Waals surface area contributed by atoms with Gasteiger partial charge in [0.25, 0.3) is 0 Å². The molecule has 1 aliphatic heterocycles. The van der Waals surface area contributed by atoms with Crippen LogP contribution >= 0.6 is 11.8 Å². The monoisotopic (exact) mass is 545 g/mol. The highest BCUT2D eigenvalue weighted by Gasteiger charge is 2.34. The number of carbonyl (C=O) groups is 1. The van der Waals surface area contributed by atoms with Gasteiger partial charge in [-0.2, -0.15) is 5.48 Å². The van der Waals surface area contributed by atoms with Crippen LogP contribution in [0.2, 0.25) is 0 Å². The van der Waals surface area contributed by atoms with Crippen molar-refractivity contribution in [2.24, 2.45) is 11.8 Å². The number of carboxylic acid groups (broad SMARTS) is 1. The number of hydroxylamine groups is 1. The Bertz CT molecular complexity index is 1250. The molecule has 0 radical (unpaired) electrons. The summed E-state index contributed by atoms with van der Waals surface area (Å²) >= 11 is 1.25. The number of thioether (sulfide) groups is 1. The molecule has 7 nitrogen and oxygen atoms in total. The molecule has 10 heteroatoms. The highest BCUT2D eigenvalue weighted by Crippen LogP contribution is 2.34. The normalized spacial score (nSPS) is 18.9. The van der Waals surface area contributed by atoms with Gasteiger partial charge in [-0.05, 0) is 79.8 Å². The van der Waals surface area contributed by atoms with Crippen LogP contribution in [0.1, 0.15) is 30.9 Å². The highest BCUT2D eigenvalue weighted by molar-refractivity contribution is 7.99. The van der Waals surface area contributed by atoms with Crippen molar-refractivity contribution in [3.8, 4) is 5.75 Å². The molecule has 3 aromatic rings. The second kappa shape index (κ2) is 13.3. The van der Waals surface area contributed by atoms with Gasteiger partial charge in [-0.1, -0.05) is 0 Å². The van der Waals surface area contributed by atoms with Crippen LogP contribution in [0.5, 0.6) is 5.75 Å². The number of carboxylic acids is 1. The lowest BCUT2D eigenvalue weighted by atomic mass is 9.81. The zero-order chi connectivity index (χ0) is 27.1. The Labute approximate surface area is 225 Å². The SMILES string of the molecule is CON[C@@H](CC[C@@H]1CCN(CCSc2cc(F)ccc2F)C[C@@H]1C(=O)O)c1ccnc2ccc(OC)cc12. The molecular formula is C28H33F2N3O4S. The Balaban J connectivity index is 1.38. The van der Waals surface area contributed by atoms with E-state index in [0.29, 0.717) is 31.7 Å². The summed E-state index contributed by atoms with van der Waals surface area (Å²) in [5, 5.41) is 11.0. The molecule has 0 amide bonds. The van der Waals surface area contributed by atoms with Crippen LogP contribution in [0.15, 0.2) is 53.6 Å². The minimum Gasteiger partial charge on any atom is -0.497 e. The van der Waals surface area contributed by atoms with Crippen LogP contribution in [0.25, 0.3) is 10.9 Å². The van der Waals surface area contributed by atoms with Gasteiger partial charge in [-0.25, -0.2) is 8.78 Å². The molecule has 0 bridgehead atoms. The third kappa shape index (κ3) is 6.99. The maximum atomic E-state index is 13.9. The summed E-state index contributed by atoms with van der Waals surface area (Å²) in [5.41, 5.74) is 4.95. The van der Waals surface area contributed by atoms with Crippen LogP contribution < -0.4 is 10.2 Å². The lowest BCUT2D eigenvalue weighted by Crippen LogP contribution is -2.44. The molecule has 38 heavy (non-hydrogen) atoms. The molecule has 1 aliphatic rings. The van der Waals surface area contributed by atoms with Gasteiger partial charge >= 0.3 is 5.97 Å². The Morgan fingerprint density at radius 1 is 1.24 bits per heavy atom. The van der Waals surface area contributed by atoms with Gasteiger partial charge in [0.2, 0.25) is 0 Å². The summed E-state index contributed by atoms with van der Waals surface area (Å²) in [7, 11) is 3.20. The van der Waals surface area contributed by atoms with Gasteiger partial charge in [0.1, 0.15) is 17.4 Å². The number of methoxy groups -OCH3 is 1. The van der Waals surface area contributed by atoms with Crippen LogP contribution in [0.4, 0.5) is 8.78 Å². The first-order chi connectivity index (χ1) is 18.4. The predicted molar refractivity (Wildman–Crippen MR) is 143 cm³/mol. The quantitative estimate of drug-likeness (QED) is 0.234. The van der Waals surface area contributed by atoms with E-state index in [4.69, 9.17) is 9.57 Å². The number of nitrogens with one attached hydrogen (secondary N) is 1. The Hall–Kier alpha value is -2.79. The van der Waals surface area contributed by atoms with E-state index < -0.39 is 23.5 Å². The molecule has 0 aliphatic carbocycles. The first kappa shape index (κ1) is 28.2. The first-order valence-corrected chi connectivity index (χ1v) is 13.6. The van der Waals surface area contributed by atoms with Gasteiger partial charge < -0.3 is 19.6 Å². The second-order valence-electron chi connectivity index (χ2n) is 9.45. The summed E-state index contributed by atoms with van der Waals surface area (Å²) in [6.45, 7) is 1.80. The number of halogens is 2. The van der Waals surface area contributed by atoms with Crippen molar-refractivity contribution in [3.05, 3.63) is 65.9 Å². The van der Waals surface area contributed by atoms with E-state index in [1.54, 1.807) is 20.4 Å². The zero-order valence-corrected chi connectivity index (χ0v) is 22.3. The number of ether oxygens (including phenoxy) is 1. The smallest absolute Gasteiger partial charge is 0.308 e. The number of pyridine rings is 1. The molecule has 2 aromatic carbocycles. The van der Waals surface area contributed by atoms with E-state index in [-0.39, 0.29) is 16.9 Å². The molecule has 0 spiro atoms. The van der Waals surface area contributed by atoms with Crippen molar-refractivity contribution >= 4 is 28.6 Å². The van der Waals surface area contributed by atoms with E-state index in [0.717, 1.165) is 47.3 Å². The fourth-order valence-corrected chi connectivity index (χ4v) is 6.12. The third-order valence-electron chi connectivity index (χ3n) is 7.16. The third-order valence-corrected chi connectivity index (χ3v) is 8.17. The van der Waals surface area contributed by atoms with Gasteiger partial charge in [0.05, 0.1) is 31.7 Å². The largest absolute Gasteiger partial charge is 0.497 e. The number of nitrogens with zero attached hydrogens (tertiary/aromatic N) is 2. The number of rotatable bonds is 12. The topological polar surface area (TPSA) is 83.9 Å². The predicted octanol–water partition coefficient (Wildman–Crippen LogP) is 5.31. The van der Waals surface area contributed by atoms with E-state index in [2.05, 4.69) is 15.4 Å². The van der Waals surface area contributed by atoms with E-state index in [1.807, 2.05) is 24.3 Å². The molecule has 1 fully saturated rings. The Morgan fingerprint density at radius 3 is 2.84 bits per heavy atom. The molecule has 1 aromatic heterocycles. The molecule has 1 saturated heterocycles. The summed E-state index contributed by atoms with van der Waals surface area (Å²) in [6, 6.07) is 11.0. The maximum Gasteiger partial charge on any atom is 0.308 e. The van der Waals surface area contributed by atoms with Crippen molar-refractivity contribution in [1.82, 2.24) is 15.4 Å². The van der Waals surface area contributed by atoms with Crippen LogP contribution in [0, 0.1) is 23.5 Å². The molecule has 3 atom stereocenters. The second-order valence-corrected chi connectivity index (χ2v) is 10.6. The van der Waals surface area contributed by atoms with Crippen molar-refractivity contribution in [3.63, 3.8) is 0 Å². The number of benzene rings is 2. The fraction of sp³-hybridized carbons (Fsp3) is 0.429. The summed E-state index contributed by atoms with van der Waals surface area (Å²) in [5.74, 6) is -0.925. The summed E-state index contributed by atoms with van der Waals surface area (Å²) in [4.78, 5) is 24.3. The summed E-state index contributed by atoms with van der Waals surface area (Å²) in [6.07, 6.45) is 3.91. The number of fused-ring (bicyclic) bond motifs is 1. The molecule has 2 heterocycles. The van der Waals surface area contributed by atoms with E-state index in [9.17, 15) is 18.7 Å². The minimum atomic E-state index is -0.807. The fourth-order valence-electron chi connectivity index (χ4n) is 5.15. The molecule has 0 unspecified atom stereocenters. The number of likely N-dealkylation sites (tertiary alicyclic amines) is 1. The maximum absolute atomic E-state index is 13.9. The Kier molecular flexibility index (Phi) is 9.90. The van der Waals surface area contributed by atoms with E-state index >= 15 is 0 Å². The number of aromatic nitrogens is 1. The highest BCUT2D eigenvalue weighted by atomic mass is 32.2. The van der Waals surface area contributed by atoms with Gasteiger partial charge in [-0.15, -0.1) is 11.8 Å². The van der Waals surface area contributed by atoms with Crippen molar-refractivity contribution in [1.29, 1.82) is 0 Å². The lowest BCUT2D eigenvalue weighted by molar-refractivity contribution is -0.146. The molecular weight excluding hydrogens is 512 g/mol. The first-order valence-electron chi connectivity index (χ1n) is 12.6. The molecule has 0 saturated carbocycles. The molecule has 4 rings (SSSR count). The van der Waals surface area contributed by atoms with Gasteiger partial charge in [-0.3, -0.25) is 9.78 Å². The minimum absolute atomic E-state index is 0.0147. The van der Waals surface area contributed by atoms with Crippen LogP contribution in [0.3, 0.4) is 0 Å². The Morgan fingerprint density at radius 2 is 2.08 bits per heavy atom. The number of hydrogen-bond donors (Lipinski definition) is 2. The molecule has 204 valence electrons. The van der Waals surface area contributed by atoms with E-state index in [1.165, 1.54) is 17.8 Å². The average Bonchev–Trinajstić information content (AvgIpc) is 2.92. The average molecular weight is 546 g/mol. The van der Waals surface area contributed by atoms with Crippen molar-refractivity contribution in [2.45, 2.75) is 30.2 Å². The van der Waals surface area contributed by atoms with Crippen molar-refractivity contribution in [2.75, 3.05) is 39.6 Å². The number of hydrogen-bond acceptors (Lipinski definition) is 7. The summed E-state index contributed by atoms with van der Waals surface area (Å²) < 4.78 is 32.7. The lowest BCUT2D eigenvalue weighted by Gasteiger charge is -2.37. The molecule has 2 N–H and O–H groups in total.